The Hall–Kier alpha value is -1.35. The molecule has 3 nitrogen and oxygen atoms in total. The monoisotopic (exact) mass is 249 g/mol. The van der Waals surface area contributed by atoms with E-state index in [1.54, 1.807) is 13.8 Å². The highest BCUT2D eigenvalue weighted by Crippen LogP contribution is 2.22. The molecular formula is C15H23NO2. The van der Waals surface area contributed by atoms with Crippen LogP contribution in [0.25, 0.3) is 0 Å². The first-order valence-corrected chi connectivity index (χ1v) is 6.27. The molecule has 1 rings (SSSR count). The van der Waals surface area contributed by atoms with Crippen molar-refractivity contribution in [1.29, 1.82) is 0 Å². The van der Waals surface area contributed by atoms with Gasteiger partial charge in [-0.1, -0.05) is 24.3 Å². The van der Waals surface area contributed by atoms with E-state index < -0.39 is 11.4 Å². The molecule has 0 unspecified atom stereocenters. The number of likely N-dealkylation sites (N-methyl/N-ethyl adjacent to an activating group) is 1. The summed E-state index contributed by atoms with van der Waals surface area (Å²) in [5, 5.41) is 9.10. The quantitative estimate of drug-likeness (QED) is 0.842. The van der Waals surface area contributed by atoms with Crippen LogP contribution in [0.4, 0.5) is 0 Å². The summed E-state index contributed by atoms with van der Waals surface area (Å²) < 4.78 is 0. The lowest BCUT2D eigenvalue weighted by atomic mass is 9.86. The highest BCUT2D eigenvalue weighted by Gasteiger charge is 2.27. The molecule has 0 saturated carbocycles. The lowest BCUT2D eigenvalue weighted by Gasteiger charge is -2.19. The van der Waals surface area contributed by atoms with Gasteiger partial charge in [-0.15, -0.1) is 0 Å². The van der Waals surface area contributed by atoms with Crippen LogP contribution in [-0.4, -0.2) is 36.6 Å². The van der Waals surface area contributed by atoms with Crippen LogP contribution in [0, 0.1) is 5.41 Å². The molecule has 1 N–H and O–H groups in total. The molecule has 0 saturated heterocycles. The Kier molecular flexibility index (Phi) is 4.91. The summed E-state index contributed by atoms with van der Waals surface area (Å²) in [5.74, 6) is -0.751. The number of nitrogens with zero attached hydrogens (tertiary/aromatic N) is 1. The van der Waals surface area contributed by atoms with Crippen molar-refractivity contribution in [1.82, 2.24) is 4.90 Å². The minimum atomic E-state index is -0.751. The second kappa shape index (κ2) is 6.01. The second-order valence-corrected chi connectivity index (χ2v) is 5.74. The number of aliphatic carboxylic acids is 1. The SMILES string of the molecule is CN(C)CCc1ccc(CC(C)(C)C(=O)O)cc1. The predicted molar refractivity (Wildman–Crippen MR) is 73.8 cm³/mol. The Morgan fingerprint density at radius 3 is 2.11 bits per heavy atom. The Morgan fingerprint density at radius 1 is 1.17 bits per heavy atom. The number of carboxylic acids is 1. The highest BCUT2D eigenvalue weighted by atomic mass is 16.4. The smallest absolute Gasteiger partial charge is 0.309 e. The number of hydrogen-bond donors (Lipinski definition) is 1. The molecule has 0 aliphatic rings. The molecule has 0 radical (unpaired) electrons. The molecule has 0 atom stereocenters. The molecule has 100 valence electrons. The third-order valence-corrected chi connectivity index (χ3v) is 3.10. The van der Waals surface area contributed by atoms with Gasteiger partial charge in [-0.3, -0.25) is 4.79 Å². The maximum atomic E-state index is 11.1. The van der Waals surface area contributed by atoms with Gasteiger partial charge >= 0.3 is 5.97 Å². The summed E-state index contributed by atoms with van der Waals surface area (Å²) in [6.45, 7) is 4.55. The van der Waals surface area contributed by atoms with Crippen LogP contribution in [0.5, 0.6) is 0 Å². The third-order valence-electron chi connectivity index (χ3n) is 3.10. The van der Waals surface area contributed by atoms with Crippen LogP contribution < -0.4 is 0 Å². The van der Waals surface area contributed by atoms with E-state index in [9.17, 15) is 4.79 Å². The van der Waals surface area contributed by atoms with E-state index in [0.717, 1.165) is 18.5 Å². The van der Waals surface area contributed by atoms with E-state index in [-0.39, 0.29) is 0 Å². The van der Waals surface area contributed by atoms with Gasteiger partial charge in [-0.05, 0) is 51.9 Å². The van der Waals surface area contributed by atoms with Crippen molar-refractivity contribution in [2.75, 3.05) is 20.6 Å². The Morgan fingerprint density at radius 2 is 1.67 bits per heavy atom. The topological polar surface area (TPSA) is 40.5 Å². The van der Waals surface area contributed by atoms with E-state index in [4.69, 9.17) is 5.11 Å². The number of benzene rings is 1. The average molecular weight is 249 g/mol. The summed E-state index contributed by atoms with van der Waals surface area (Å²) in [6, 6.07) is 8.26. The summed E-state index contributed by atoms with van der Waals surface area (Å²) in [5.41, 5.74) is 1.67. The van der Waals surface area contributed by atoms with Crippen LogP contribution in [0.1, 0.15) is 25.0 Å². The molecule has 0 bridgehead atoms. The first-order chi connectivity index (χ1) is 8.31. The van der Waals surface area contributed by atoms with E-state index in [1.165, 1.54) is 5.56 Å². The summed E-state index contributed by atoms with van der Waals surface area (Å²) in [4.78, 5) is 13.2. The maximum absolute atomic E-state index is 11.1. The minimum absolute atomic E-state index is 0.566. The summed E-state index contributed by atoms with van der Waals surface area (Å²) in [7, 11) is 4.12. The van der Waals surface area contributed by atoms with Gasteiger partial charge in [0.05, 0.1) is 5.41 Å². The first kappa shape index (κ1) is 14.7. The van der Waals surface area contributed by atoms with Crippen molar-refractivity contribution in [3.8, 4) is 0 Å². The standard InChI is InChI=1S/C15H23NO2/c1-15(2,14(17)18)11-13-7-5-12(6-8-13)9-10-16(3)4/h5-8H,9-11H2,1-4H3,(H,17,18). The lowest BCUT2D eigenvalue weighted by molar-refractivity contribution is -0.146. The Bertz CT molecular complexity index is 393. The van der Waals surface area contributed by atoms with Gasteiger partial charge in [0.2, 0.25) is 0 Å². The largest absolute Gasteiger partial charge is 0.481 e. The fourth-order valence-corrected chi connectivity index (χ4v) is 1.76. The van der Waals surface area contributed by atoms with E-state index in [2.05, 4.69) is 31.1 Å². The number of carboxylic acid groups (broad SMARTS) is 1. The molecule has 0 fully saturated rings. The molecule has 1 aromatic rings. The Labute approximate surface area is 109 Å². The molecule has 0 amide bonds. The molecule has 1 aromatic carbocycles. The normalized spacial score (nSPS) is 11.8. The van der Waals surface area contributed by atoms with Gasteiger partial charge in [0.1, 0.15) is 0 Å². The van der Waals surface area contributed by atoms with Crippen LogP contribution in [0.2, 0.25) is 0 Å². The molecule has 0 aromatic heterocycles. The van der Waals surface area contributed by atoms with E-state index in [1.807, 2.05) is 12.1 Å². The molecule has 0 heterocycles. The zero-order chi connectivity index (χ0) is 13.8. The first-order valence-electron chi connectivity index (χ1n) is 6.27. The molecule has 0 aliphatic heterocycles. The van der Waals surface area contributed by atoms with Crippen molar-refractivity contribution >= 4 is 5.97 Å². The van der Waals surface area contributed by atoms with Crippen molar-refractivity contribution in [3.05, 3.63) is 35.4 Å². The van der Waals surface area contributed by atoms with Gasteiger partial charge in [0.25, 0.3) is 0 Å². The van der Waals surface area contributed by atoms with Crippen LogP contribution in [0.3, 0.4) is 0 Å². The zero-order valence-electron chi connectivity index (χ0n) is 11.7. The van der Waals surface area contributed by atoms with E-state index in [0.29, 0.717) is 6.42 Å². The number of hydrogen-bond acceptors (Lipinski definition) is 2. The second-order valence-electron chi connectivity index (χ2n) is 5.74. The van der Waals surface area contributed by atoms with Crippen molar-refractivity contribution in [2.24, 2.45) is 5.41 Å². The predicted octanol–water partition coefficient (Wildman–Crippen LogP) is 2.44. The minimum Gasteiger partial charge on any atom is -0.481 e. The fraction of sp³-hybridized carbons (Fsp3) is 0.533. The van der Waals surface area contributed by atoms with Crippen LogP contribution >= 0.6 is 0 Å². The van der Waals surface area contributed by atoms with Gasteiger partial charge in [0, 0.05) is 6.54 Å². The van der Waals surface area contributed by atoms with Gasteiger partial charge < -0.3 is 10.0 Å². The van der Waals surface area contributed by atoms with Crippen molar-refractivity contribution < 1.29 is 9.90 Å². The van der Waals surface area contributed by atoms with Gasteiger partial charge in [-0.25, -0.2) is 0 Å². The molecule has 0 spiro atoms. The summed E-state index contributed by atoms with van der Waals surface area (Å²) in [6.07, 6.45) is 1.59. The molecule has 3 heteroatoms. The Balaban J connectivity index is 2.63. The molecule has 0 aliphatic carbocycles. The van der Waals surface area contributed by atoms with Gasteiger partial charge in [-0.2, -0.15) is 0 Å². The van der Waals surface area contributed by atoms with Crippen LogP contribution in [-0.2, 0) is 17.6 Å². The molecule has 18 heavy (non-hydrogen) atoms. The molecular weight excluding hydrogens is 226 g/mol. The zero-order valence-corrected chi connectivity index (χ0v) is 11.7. The maximum Gasteiger partial charge on any atom is 0.309 e. The third kappa shape index (κ3) is 4.49. The van der Waals surface area contributed by atoms with Crippen molar-refractivity contribution in [2.45, 2.75) is 26.7 Å². The number of rotatable bonds is 6. The number of carbonyl (C=O) groups is 1. The summed E-state index contributed by atoms with van der Waals surface area (Å²) >= 11 is 0. The highest BCUT2D eigenvalue weighted by molar-refractivity contribution is 5.74. The van der Waals surface area contributed by atoms with E-state index >= 15 is 0 Å². The lowest BCUT2D eigenvalue weighted by Crippen LogP contribution is -2.26. The fourth-order valence-electron chi connectivity index (χ4n) is 1.76. The van der Waals surface area contributed by atoms with Gasteiger partial charge in [0.15, 0.2) is 0 Å². The van der Waals surface area contributed by atoms with Crippen LogP contribution in [0.15, 0.2) is 24.3 Å². The van der Waals surface area contributed by atoms with Crippen molar-refractivity contribution in [3.63, 3.8) is 0 Å². The average Bonchev–Trinajstić information content (AvgIpc) is 2.27.